The van der Waals surface area contributed by atoms with Crippen LogP contribution in [-0.4, -0.2) is 29.9 Å². The summed E-state index contributed by atoms with van der Waals surface area (Å²) in [5.41, 5.74) is 8.48. The van der Waals surface area contributed by atoms with Gasteiger partial charge < -0.3 is 21.0 Å². The number of nitrogens with zero attached hydrogens (tertiary/aromatic N) is 4. The van der Waals surface area contributed by atoms with E-state index in [1.54, 1.807) is 6.07 Å². The zero-order valence-electron chi connectivity index (χ0n) is 18.6. The molecule has 5 rings (SSSR count). The van der Waals surface area contributed by atoms with Crippen LogP contribution in [0.15, 0.2) is 59.9 Å². The number of aromatic amines is 2. The number of nitrogens with two attached hydrogens (primary N) is 1. The Labute approximate surface area is 189 Å². The van der Waals surface area contributed by atoms with E-state index in [0.29, 0.717) is 28.3 Å². The van der Waals surface area contributed by atoms with Crippen LogP contribution in [0.5, 0.6) is 0 Å². The third-order valence-electron chi connectivity index (χ3n) is 4.46. The van der Waals surface area contributed by atoms with Crippen molar-refractivity contribution in [3.05, 3.63) is 82.7 Å². The quantitative estimate of drug-likeness (QED) is 0.307. The molecule has 2 aromatic carbocycles. The summed E-state index contributed by atoms with van der Waals surface area (Å²) in [5.74, 6) is 0.319. The van der Waals surface area contributed by atoms with Gasteiger partial charge >= 0.3 is 0 Å². The van der Waals surface area contributed by atoms with Crippen molar-refractivity contribution in [1.29, 1.82) is 0 Å². The van der Waals surface area contributed by atoms with E-state index in [-0.39, 0.29) is 11.9 Å². The normalized spacial score (nSPS) is 10.2. The van der Waals surface area contributed by atoms with Crippen LogP contribution in [0.4, 0.5) is 15.9 Å². The second kappa shape index (κ2) is 10.8. The maximum atomic E-state index is 13.7. The Bertz CT molecular complexity index is 1370. The van der Waals surface area contributed by atoms with E-state index in [1.807, 2.05) is 45.0 Å². The van der Waals surface area contributed by atoms with Gasteiger partial charge in [-0.1, -0.05) is 37.6 Å². The summed E-state index contributed by atoms with van der Waals surface area (Å²) in [7, 11) is 0. The third-order valence-corrected chi connectivity index (χ3v) is 4.46. The highest BCUT2D eigenvalue weighted by molar-refractivity contribution is 5.82. The van der Waals surface area contributed by atoms with E-state index in [1.165, 1.54) is 30.4 Å². The van der Waals surface area contributed by atoms with Crippen molar-refractivity contribution in [3.63, 3.8) is 0 Å². The number of benzene rings is 2. The lowest BCUT2D eigenvalue weighted by Crippen LogP contribution is -2.16. The Morgan fingerprint density at radius 1 is 1.06 bits per heavy atom. The molecule has 3 heterocycles. The van der Waals surface area contributed by atoms with Crippen LogP contribution in [0, 0.1) is 12.7 Å². The van der Waals surface area contributed by atoms with E-state index in [2.05, 4.69) is 35.2 Å². The largest absolute Gasteiger partial charge is 0.399 e. The molecule has 0 bridgehead atoms. The fraction of sp³-hybridized carbons (Fsp3) is 0.174. The standard InChI is InChI=1S/C14H10FN7O.C7H9N.C2H6/c15-7-2-1-3-8-10(7)14(23)22-9(21-8)4-16-12-11-13(18-5-17-11)20-6-19-12;1-6-2-4-7(8)5-3-6;1-2/h1-3,5-6H,4H2,(H,21,22,23)(H2,16,17,18,19,20);2-5H,8H2,1H3;1-2H3. The molecule has 0 spiro atoms. The van der Waals surface area contributed by atoms with Crippen molar-refractivity contribution < 1.29 is 4.39 Å². The number of hydrogen-bond acceptors (Lipinski definition) is 7. The van der Waals surface area contributed by atoms with Crippen LogP contribution in [0.25, 0.3) is 22.1 Å². The summed E-state index contributed by atoms with van der Waals surface area (Å²) in [4.78, 5) is 33.9. The SMILES string of the molecule is CC.Cc1ccc(N)cc1.O=c1[nH]c(CNc2ncnc3nc[nH]c23)nc2cccc(F)c12. The summed E-state index contributed by atoms with van der Waals surface area (Å²) in [5, 5.41) is 3.00. The van der Waals surface area contributed by atoms with Gasteiger partial charge in [0.1, 0.15) is 28.9 Å². The van der Waals surface area contributed by atoms with E-state index in [9.17, 15) is 9.18 Å². The smallest absolute Gasteiger partial charge is 0.261 e. The average molecular weight is 449 g/mol. The van der Waals surface area contributed by atoms with Crippen molar-refractivity contribution >= 4 is 33.6 Å². The Balaban J connectivity index is 0.000000258. The zero-order chi connectivity index (χ0) is 23.8. The number of rotatable bonds is 3. The molecule has 33 heavy (non-hydrogen) atoms. The molecule has 0 atom stereocenters. The van der Waals surface area contributed by atoms with Gasteiger partial charge in [-0.3, -0.25) is 4.79 Å². The third kappa shape index (κ3) is 5.67. The van der Waals surface area contributed by atoms with Gasteiger partial charge in [0.05, 0.1) is 18.4 Å². The highest BCUT2D eigenvalue weighted by Gasteiger charge is 2.10. The summed E-state index contributed by atoms with van der Waals surface area (Å²) in [6, 6.07) is 12.1. The molecule has 0 aliphatic carbocycles. The molecule has 5 aromatic rings. The van der Waals surface area contributed by atoms with Crippen molar-refractivity contribution in [2.45, 2.75) is 27.3 Å². The molecule has 10 heteroatoms. The molecular weight excluding hydrogens is 423 g/mol. The first-order chi connectivity index (χ1) is 16.0. The Kier molecular flexibility index (Phi) is 7.64. The lowest BCUT2D eigenvalue weighted by molar-refractivity contribution is 0.638. The molecule has 0 unspecified atom stereocenters. The zero-order valence-corrected chi connectivity index (χ0v) is 18.6. The van der Waals surface area contributed by atoms with Gasteiger partial charge in [0, 0.05) is 5.69 Å². The first-order valence-corrected chi connectivity index (χ1v) is 10.4. The minimum atomic E-state index is -0.592. The lowest BCUT2D eigenvalue weighted by atomic mass is 10.2. The maximum absolute atomic E-state index is 13.7. The van der Waals surface area contributed by atoms with Gasteiger partial charge in [0.2, 0.25) is 0 Å². The van der Waals surface area contributed by atoms with Crippen molar-refractivity contribution in [2.75, 3.05) is 11.1 Å². The second-order valence-corrected chi connectivity index (χ2v) is 6.73. The number of anilines is 2. The van der Waals surface area contributed by atoms with Crippen LogP contribution in [0.1, 0.15) is 25.2 Å². The summed E-state index contributed by atoms with van der Waals surface area (Å²) >= 11 is 0. The minimum absolute atomic E-state index is 0.0470. The molecule has 170 valence electrons. The van der Waals surface area contributed by atoms with E-state index in [0.717, 1.165) is 5.69 Å². The number of nitrogens with one attached hydrogen (secondary N) is 3. The molecule has 9 nitrogen and oxygen atoms in total. The highest BCUT2D eigenvalue weighted by atomic mass is 19.1. The predicted molar refractivity (Wildman–Crippen MR) is 128 cm³/mol. The molecule has 5 N–H and O–H groups in total. The van der Waals surface area contributed by atoms with Crippen LogP contribution in [0.3, 0.4) is 0 Å². The first-order valence-electron chi connectivity index (χ1n) is 10.4. The van der Waals surface area contributed by atoms with E-state index >= 15 is 0 Å². The van der Waals surface area contributed by atoms with Crippen LogP contribution >= 0.6 is 0 Å². The number of halogens is 1. The summed E-state index contributed by atoms with van der Waals surface area (Å²) in [6.45, 7) is 6.26. The van der Waals surface area contributed by atoms with Crippen LogP contribution in [-0.2, 0) is 6.54 Å². The fourth-order valence-corrected chi connectivity index (χ4v) is 2.91. The van der Waals surface area contributed by atoms with Crippen LogP contribution in [0.2, 0.25) is 0 Å². The van der Waals surface area contributed by atoms with Crippen LogP contribution < -0.4 is 16.6 Å². The van der Waals surface area contributed by atoms with Gasteiger partial charge in [0.15, 0.2) is 11.5 Å². The number of hydrogen-bond donors (Lipinski definition) is 4. The molecule has 0 saturated heterocycles. The van der Waals surface area contributed by atoms with Gasteiger partial charge in [-0.25, -0.2) is 24.3 Å². The minimum Gasteiger partial charge on any atom is -0.399 e. The topological polar surface area (TPSA) is 138 Å². The van der Waals surface area contributed by atoms with E-state index in [4.69, 9.17) is 5.73 Å². The molecule has 0 radical (unpaired) electrons. The Morgan fingerprint density at radius 2 is 1.82 bits per heavy atom. The molecular formula is C23H25FN8O. The number of fused-ring (bicyclic) bond motifs is 2. The van der Waals surface area contributed by atoms with Crippen molar-refractivity contribution in [3.8, 4) is 0 Å². The summed E-state index contributed by atoms with van der Waals surface area (Å²) in [6.07, 6.45) is 2.90. The molecule has 0 amide bonds. The van der Waals surface area contributed by atoms with Gasteiger partial charge in [-0.05, 0) is 31.2 Å². The Morgan fingerprint density at radius 3 is 2.55 bits per heavy atom. The first kappa shape index (κ1) is 23.3. The predicted octanol–water partition coefficient (Wildman–Crippen LogP) is 3.94. The van der Waals surface area contributed by atoms with Gasteiger partial charge in [-0.2, -0.15) is 0 Å². The van der Waals surface area contributed by atoms with Crippen molar-refractivity contribution in [2.24, 2.45) is 0 Å². The number of H-pyrrole nitrogens is 2. The van der Waals surface area contributed by atoms with Crippen molar-refractivity contribution in [1.82, 2.24) is 29.9 Å². The monoisotopic (exact) mass is 448 g/mol. The number of aromatic nitrogens is 6. The second-order valence-electron chi connectivity index (χ2n) is 6.73. The molecule has 0 aliphatic rings. The summed E-state index contributed by atoms with van der Waals surface area (Å²) < 4.78 is 13.7. The molecule has 0 saturated carbocycles. The lowest BCUT2D eigenvalue weighted by Gasteiger charge is -2.06. The van der Waals surface area contributed by atoms with Gasteiger partial charge in [-0.15, -0.1) is 0 Å². The van der Waals surface area contributed by atoms with E-state index < -0.39 is 11.4 Å². The number of imidazole rings is 1. The maximum Gasteiger partial charge on any atom is 0.261 e. The molecule has 0 aliphatic heterocycles. The highest BCUT2D eigenvalue weighted by Crippen LogP contribution is 2.15. The fourth-order valence-electron chi connectivity index (χ4n) is 2.91. The molecule has 3 aromatic heterocycles. The number of nitrogen functional groups attached to an aromatic ring is 1. The Hall–Kier alpha value is -4.34. The number of aryl methyl sites for hydroxylation is 1. The van der Waals surface area contributed by atoms with Gasteiger partial charge in [0.25, 0.3) is 5.56 Å². The molecule has 0 fully saturated rings. The average Bonchev–Trinajstić information content (AvgIpc) is 3.31.